The van der Waals surface area contributed by atoms with Crippen molar-refractivity contribution in [1.82, 2.24) is 13.1 Å². The van der Waals surface area contributed by atoms with Gasteiger partial charge in [0.25, 0.3) is 0 Å². The van der Waals surface area contributed by atoms with Crippen molar-refractivity contribution in [1.29, 1.82) is 5.26 Å². The van der Waals surface area contributed by atoms with Crippen LogP contribution in [0.25, 0.3) is 11.0 Å². The first-order chi connectivity index (χ1) is 11.1. The number of sulfonamides is 1. The lowest BCUT2D eigenvalue weighted by molar-refractivity contribution is 0.0941. The van der Waals surface area contributed by atoms with E-state index < -0.39 is 10.0 Å². The Kier molecular flexibility index (Phi) is 4.87. The van der Waals surface area contributed by atoms with Gasteiger partial charge < -0.3 is 4.74 Å². The van der Waals surface area contributed by atoms with Crippen molar-refractivity contribution in [2.75, 3.05) is 19.7 Å². The zero-order valence-corrected chi connectivity index (χ0v) is 14.0. The van der Waals surface area contributed by atoms with Gasteiger partial charge in [-0.1, -0.05) is 6.07 Å². The summed E-state index contributed by atoms with van der Waals surface area (Å²) in [5.74, 6) is 0. The molecule has 7 nitrogen and oxygen atoms in total. The third kappa shape index (κ3) is 3.35. The summed E-state index contributed by atoms with van der Waals surface area (Å²) in [4.78, 5) is 0.139. The molecule has 0 saturated carbocycles. The van der Waals surface area contributed by atoms with Gasteiger partial charge in [0.2, 0.25) is 10.0 Å². The molecular formula is C14H16N4O3S2. The van der Waals surface area contributed by atoms with E-state index in [0.29, 0.717) is 17.6 Å². The van der Waals surface area contributed by atoms with Crippen molar-refractivity contribution in [3.8, 4) is 6.07 Å². The second-order valence-corrected chi connectivity index (χ2v) is 7.73. The van der Waals surface area contributed by atoms with Crippen LogP contribution in [0, 0.1) is 11.3 Å². The average Bonchev–Trinajstić information content (AvgIpc) is 3.21. The molecule has 1 aromatic carbocycles. The molecule has 1 fully saturated rings. The minimum atomic E-state index is -3.75. The fraction of sp³-hybridized carbons (Fsp3) is 0.500. The molecule has 0 radical (unpaired) electrons. The van der Waals surface area contributed by atoms with Gasteiger partial charge in [-0.25, -0.2) is 8.42 Å². The van der Waals surface area contributed by atoms with Gasteiger partial charge in [-0.3, -0.25) is 0 Å². The molecule has 2 aromatic rings. The third-order valence-corrected chi connectivity index (χ3v) is 6.21. The number of ether oxygens (including phenoxy) is 1. The Balaban J connectivity index is 1.95. The predicted molar refractivity (Wildman–Crippen MR) is 85.4 cm³/mol. The van der Waals surface area contributed by atoms with E-state index in [-0.39, 0.29) is 30.5 Å². The number of fused-ring (bicyclic) bond motifs is 1. The number of aromatic nitrogens is 2. The second-order valence-electron chi connectivity index (χ2n) is 5.29. The largest absolute Gasteiger partial charge is 0.377 e. The smallest absolute Gasteiger partial charge is 0.245 e. The summed E-state index contributed by atoms with van der Waals surface area (Å²) >= 11 is 0.986. The maximum Gasteiger partial charge on any atom is 0.245 e. The number of rotatable bonds is 6. The minimum Gasteiger partial charge on any atom is -0.377 e. The molecule has 0 bridgehead atoms. The first-order valence-electron chi connectivity index (χ1n) is 7.33. The molecular weight excluding hydrogens is 336 g/mol. The van der Waals surface area contributed by atoms with Gasteiger partial charge in [-0.05, 0) is 25.0 Å². The monoisotopic (exact) mass is 352 g/mol. The summed E-state index contributed by atoms with van der Waals surface area (Å²) < 4.78 is 41.2. The number of nitriles is 1. The SMILES string of the molecule is N#CCCN(CC1CCCO1)S(=O)(=O)c1cccc2nsnc12. The second kappa shape index (κ2) is 6.88. The molecule has 1 unspecified atom stereocenters. The molecule has 2 heterocycles. The molecule has 0 amide bonds. The molecule has 1 aromatic heterocycles. The van der Waals surface area contributed by atoms with E-state index in [4.69, 9.17) is 10.00 Å². The van der Waals surface area contributed by atoms with Crippen molar-refractivity contribution in [2.24, 2.45) is 0 Å². The maximum absolute atomic E-state index is 13.0. The lowest BCUT2D eigenvalue weighted by atomic mass is 10.2. The third-order valence-electron chi connectivity index (χ3n) is 3.77. The highest BCUT2D eigenvalue weighted by Crippen LogP contribution is 2.26. The van der Waals surface area contributed by atoms with E-state index in [1.165, 1.54) is 10.4 Å². The highest BCUT2D eigenvalue weighted by Gasteiger charge is 2.30. The van der Waals surface area contributed by atoms with Crippen LogP contribution in [0.15, 0.2) is 23.1 Å². The van der Waals surface area contributed by atoms with Crippen molar-refractivity contribution < 1.29 is 13.2 Å². The quantitative estimate of drug-likeness (QED) is 0.786. The van der Waals surface area contributed by atoms with Crippen LogP contribution in [0.3, 0.4) is 0 Å². The maximum atomic E-state index is 13.0. The molecule has 0 aliphatic carbocycles. The summed E-state index contributed by atoms with van der Waals surface area (Å²) in [6.07, 6.45) is 1.79. The lowest BCUT2D eigenvalue weighted by Crippen LogP contribution is -2.38. The van der Waals surface area contributed by atoms with E-state index in [2.05, 4.69) is 8.75 Å². The fourth-order valence-electron chi connectivity index (χ4n) is 2.63. The molecule has 1 aliphatic rings. The molecule has 3 rings (SSSR count). The standard InChI is InChI=1S/C14H16N4O3S2/c15-7-3-8-18(10-11-4-2-9-21-11)23(19,20)13-6-1-5-12-14(13)17-22-16-12/h1,5-6,11H,2-4,8-10H2. The predicted octanol–water partition coefficient (Wildman–Crippen LogP) is 1.77. The van der Waals surface area contributed by atoms with Crippen molar-refractivity contribution in [3.05, 3.63) is 18.2 Å². The van der Waals surface area contributed by atoms with Crippen LogP contribution in [0.5, 0.6) is 0 Å². The van der Waals surface area contributed by atoms with Gasteiger partial charge in [0.15, 0.2) is 0 Å². The summed E-state index contributed by atoms with van der Waals surface area (Å²) in [6.45, 7) is 1.06. The van der Waals surface area contributed by atoms with E-state index in [1.54, 1.807) is 12.1 Å². The van der Waals surface area contributed by atoms with Crippen molar-refractivity contribution >= 4 is 32.8 Å². The van der Waals surface area contributed by atoms with E-state index in [1.807, 2.05) is 6.07 Å². The van der Waals surface area contributed by atoms with E-state index in [0.717, 1.165) is 24.6 Å². The molecule has 23 heavy (non-hydrogen) atoms. The Bertz CT molecular complexity index is 822. The van der Waals surface area contributed by atoms with E-state index >= 15 is 0 Å². The molecule has 9 heteroatoms. The fourth-order valence-corrected chi connectivity index (χ4v) is 4.85. The van der Waals surface area contributed by atoms with Gasteiger partial charge in [-0.2, -0.15) is 18.3 Å². The van der Waals surface area contributed by atoms with Crippen LogP contribution in [-0.2, 0) is 14.8 Å². The van der Waals surface area contributed by atoms with Crippen LogP contribution in [-0.4, -0.2) is 47.3 Å². The minimum absolute atomic E-state index is 0.115. The van der Waals surface area contributed by atoms with Gasteiger partial charge in [0, 0.05) is 26.1 Å². The highest BCUT2D eigenvalue weighted by molar-refractivity contribution is 7.89. The summed E-state index contributed by atoms with van der Waals surface area (Å²) in [5, 5.41) is 8.83. The van der Waals surface area contributed by atoms with Crippen LogP contribution in [0.1, 0.15) is 19.3 Å². The molecule has 1 aliphatic heterocycles. The van der Waals surface area contributed by atoms with Gasteiger partial charge in [0.1, 0.15) is 15.9 Å². The zero-order valence-electron chi connectivity index (χ0n) is 12.4. The van der Waals surface area contributed by atoms with Gasteiger partial charge in [-0.15, -0.1) is 0 Å². The molecule has 0 spiro atoms. The average molecular weight is 352 g/mol. The summed E-state index contributed by atoms with van der Waals surface area (Å²) in [6, 6.07) is 6.93. The zero-order chi connectivity index (χ0) is 16.3. The molecule has 122 valence electrons. The highest BCUT2D eigenvalue weighted by atomic mass is 32.2. The Morgan fingerprint density at radius 2 is 2.30 bits per heavy atom. The molecule has 1 atom stereocenters. The van der Waals surface area contributed by atoms with Crippen molar-refractivity contribution in [2.45, 2.75) is 30.3 Å². The Labute approximate surface area is 138 Å². The lowest BCUT2D eigenvalue weighted by Gasteiger charge is -2.24. The Morgan fingerprint density at radius 1 is 1.43 bits per heavy atom. The number of nitrogens with zero attached hydrogens (tertiary/aromatic N) is 4. The Hall–Kier alpha value is -1.60. The summed E-state index contributed by atoms with van der Waals surface area (Å²) in [7, 11) is -3.75. The van der Waals surface area contributed by atoms with Crippen LogP contribution in [0.4, 0.5) is 0 Å². The number of hydrogen-bond acceptors (Lipinski definition) is 7. The number of benzene rings is 1. The van der Waals surface area contributed by atoms with Crippen molar-refractivity contribution in [3.63, 3.8) is 0 Å². The first kappa shape index (κ1) is 16.3. The topological polar surface area (TPSA) is 96.2 Å². The van der Waals surface area contributed by atoms with Crippen LogP contribution in [0.2, 0.25) is 0 Å². The molecule has 1 saturated heterocycles. The molecule has 0 N–H and O–H groups in total. The van der Waals surface area contributed by atoms with Crippen LogP contribution < -0.4 is 0 Å². The van der Waals surface area contributed by atoms with E-state index in [9.17, 15) is 8.42 Å². The normalized spacial score (nSPS) is 18.5. The Morgan fingerprint density at radius 3 is 3.04 bits per heavy atom. The number of hydrogen-bond donors (Lipinski definition) is 0. The van der Waals surface area contributed by atoms with Crippen LogP contribution >= 0.6 is 11.7 Å². The van der Waals surface area contributed by atoms with Gasteiger partial charge in [0.05, 0.1) is 23.9 Å². The van der Waals surface area contributed by atoms with Gasteiger partial charge >= 0.3 is 0 Å². The first-order valence-corrected chi connectivity index (χ1v) is 9.50. The summed E-state index contributed by atoms with van der Waals surface area (Å²) in [5.41, 5.74) is 0.945.